The fourth-order valence-electron chi connectivity index (χ4n) is 3.37. The topological polar surface area (TPSA) is 66.4 Å². The van der Waals surface area contributed by atoms with E-state index in [4.69, 9.17) is 5.11 Å². The lowest BCUT2D eigenvalue weighted by atomic mass is 10.1. The van der Waals surface area contributed by atoms with Gasteiger partial charge in [-0.25, -0.2) is 0 Å². The molecule has 0 spiro atoms. The van der Waals surface area contributed by atoms with Crippen molar-refractivity contribution in [2.24, 2.45) is 0 Å². The Morgan fingerprint density at radius 1 is 0.593 bits per heavy atom. The molecule has 0 aromatic rings. The molecular formula is C23H45NO3. The number of hydrogen-bond acceptors (Lipinski definition) is 2. The fraction of sp³-hybridized carbons (Fsp3) is 0.913. The van der Waals surface area contributed by atoms with E-state index in [0.717, 1.165) is 38.6 Å². The summed E-state index contributed by atoms with van der Waals surface area (Å²) in [6, 6.07) is 0. The second-order valence-electron chi connectivity index (χ2n) is 7.90. The molecule has 1 amide bonds. The lowest BCUT2D eigenvalue weighted by Gasteiger charge is -2.06. The molecule has 0 aliphatic carbocycles. The summed E-state index contributed by atoms with van der Waals surface area (Å²) >= 11 is 0. The normalized spacial score (nSPS) is 10.9. The number of amides is 1. The Morgan fingerprint density at radius 2 is 1.00 bits per heavy atom. The highest BCUT2D eigenvalue weighted by molar-refractivity contribution is 5.75. The van der Waals surface area contributed by atoms with Crippen molar-refractivity contribution in [1.29, 1.82) is 0 Å². The molecule has 0 rings (SSSR count). The van der Waals surface area contributed by atoms with E-state index in [1.54, 1.807) is 0 Å². The second kappa shape index (κ2) is 21.2. The predicted molar refractivity (Wildman–Crippen MR) is 114 cm³/mol. The van der Waals surface area contributed by atoms with Crippen LogP contribution in [0, 0.1) is 0 Å². The molecule has 0 aromatic heterocycles. The average Bonchev–Trinajstić information content (AvgIpc) is 2.64. The molecule has 4 nitrogen and oxygen atoms in total. The van der Waals surface area contributed by atoms with Crippen molar-refractivity contribution in [3.8, 4) is 0 Å². The Morgan fingerprint density at radius 3 is 1.48 bits per heavy atom. The molecule has 160 valence electrons. The van der Waals surface area contributed by atoms with E-state index in [-0.39, 0.29) is 5.91 Å². The molecule has 0 aliphatic heterocycles. The smallest absolute Gasteiger partial charge is 0.303 e. The van der Waals surface area contributed by atoms with Crippen LogP contribution >= 0.6 is 0 Å². The van der Waals surface area contributed by atoms with Crippen LogP contribution in [0.5, 0.6) is 0 Å². The van der Waals surface area contributed by atoms with Crippen LogP contribution in [0.4, 0.5) is 0 Å². The third kappa shape index (κ3) is 22.9. The lowest BCUT2D eigenvalue weighted by molar-refractivity contribution is -0.137. The van der Waals surface area contributed by atoms with Crippen LogP contribution in [0.15, 0.2) is 0 Å². The van der Waals surface area contributed by atoms with Gasteiger partial charge in [0.1, 0.15) is 0 Å². The monoisotopic (exact) mass is 383 g/mol. The number of rotatable bonds is 21. The van der Waals surface area contributed by atoms with Crippen molar-refractivity contribution in [3.63, 3.8) is 0 Å². The van der Waals surface area contributed by atoms with Crippen LogP contribution in [0.3, 0.4) is 0 Å². The minimum absolute atomic E-state index is 0.224. The number of nitrogens with one attached hydrogen (secondary N) is 1. The van der Waals surface area contributed by atoms with E-state index in [1.165, 1.54) is 77.0 Å². The van der Waals surface area contributed by atoms with Crippen molar-refractivity contribution >= 4 is 11.9 Å². The Bertz CT molecular complexity index is 345. The summed E-state index contributed by atoms with van der Waals surface area (Å²) in [5, 5.41) is 11.6. The summed E-state index contributed by atoms with van der Waals surface area (Å²) in [6.07, 6.45) is 21.4. The van der Waals surface area contributed by atoms with E-state index in [9.17, 15) is 9.59 Å². The van der Waals surface area contributed by atoms with Crippen molar-refractivity contribution in [3.05, 3.63) is 0 Å². The maximum atomic E-state index is 11.8. The highest BCUT2D eigenvalue weighted by Crippen LogP contribution is 2.11. The second-order valence-corrected chi connectivity index (χ2v) is 7.90. The highest BCUT2D eigenvalue weighted by Gasteiger charge is 2.01. The summed E-state index contributed by atoms with van der Waals surface area (Å²) in [7, 11) is 0. The molecule has 0 heterocycles. The van der Waals surface area contributed by atoms with E-state index < -0.39 is 5.97 Å². The molecule has 0 radical (unpaired) electrons. The highest BCUT2D eigenvalue weighted by atomic mass is 16.4. The van der Waals surface area contributed by atoms with Gasteiger partial charge in [0, 0.05) is 19.4 Å². The minimum Gasteiger partial charge on any atom is -0.481 e. The number of carbonyl (C=O) groups is 2. The molecule has 0 fully saturated rings. The lowest BCUT2D eigenvalue weighted by Crippen LogP contribution is -2.23. The summed E-state index contributed by atoms with van der Waals surface area (Å²) in [6.45, 7) is 3.07. The van der Waals surface area contributed by atoms with E-state index in [2.05, 4.69) is 12.2 Å². The number of hydrogen-bond donors (Lipinski definition) is 2. The Hall–Kier alpha value is -1.06. The summed E-state index contributed by atoms with van der Waals surface area (Å²) in [5.41, 5.74) is 0. The molecule has 0 atom stereocenters. The fourth-order valence-corrected chi connectivity index (χ4v) is 3.37. The van der Waals surface area contributed by atoms with Crippen molar-refractivity contribution in [1.82, 2.24) is 5.32 Å². The van der Waals surface area contributed by atoms with Gasteiger partial charge in [0.25, 0.3) is 0 Å². The molecule has 0 saturated carbocycles. The third-order valence-electron chi connectivity index (χ3n) is 5.15. The first-order chi connectivity index (χ1) is 13.2. The van der Waals surface area contributed by atoms with Gasteiger partial charge in [-0.3, -0.25) is 9.59 Å². The molecule has 2 N–H and O–H groups in total. The van der Waals surface area contributed by atoms with Crippen molar-refractivity contribution in [2.45, 2.75) is 129 Å². The van der Waals surface area contributed by atoms with Gasteiger partial charge in [-0.2, -0.15) is 0 Å². The summed E-state index contributed by atoms with van der Waals surface area (Å²) in [4.78, 5) is 22.2. The van der Waals surface area contributed by atoms with Gasteiger partial charge in [0.15, 0.2) is 0 Å². The average molecular weight is 384 g/mol. The molecule has 0 aliphatic rings. The molecule has 0 saturated heterocycles. The van der Waals surface area contributed by atoms with Gasteiger partial charge in [-0.05, 0) is 19.3 Å². The molecule has 0 unspecified atom stereocenters. The van der Waals surface area contributed by atoms with Gasteiger partial charge in [0.2, 0.25) is 5.91 Å². The number of carboxylic acids is 1. The Kier molecular flexibility index (Phi) is 20.4. The SMILES string of the molecule is CCCCCCCCCCC(=O)NCCCCCCCCCCCC(=O)O. The maximum absolute atomic E-state index is 11.8. The number of unbranched alkanes of at least 4 members (excludes halogenated alkanes) is 15. The zero-order valence-corrected chi connectivity index (χ0v) is 17.9. The standard InChI is InChI=1S/C23H45NO3/c1-2-3-4-5-6-10-13-16-19-22(25)24-21-18-15-12-9-7-8-11-14-17-20-23(26)27/h2-21H2,1H3,(H,24,25)(H,26,27). The third-order valence-corrected chi connectivity index (χ3v) is 5.15. The van der Waals surface area contributed by atoms with Crippen LogP contribution in [0.1, 0.15) is 129 Å². The largest absolute Gasteiger partial charge is 0.481 e. The van der Waals surface area contributed by atoms with Gasteiger partial charge < -0.3 is 10.4 Å². The Balaban J connectivity index is 3.15. The zero-order chi connectivity index (χ0) is 20.0. The van der Waals surface area contributed by atoms with Crippen molar-refractivity contribution < 1.29 is 14.7 Å². The van der Waals surface area contributed by atoms with Gasteiger partial charge in [-0.15, -0.1) is 0 Å². The zero-order valence-electron chi connectivity index (χ0n) is 17.9. The number of aliphatic carboxylic acids is 1. The number of carbonyl (C=O) groups excluding carboxylic acids is 1. The van der Waals surface area contributed by atoms with Crippen LogP contribution in [0.25, 0.3) is 0 Å². The van der Waals surface area contributed by atoms with E-state index >= 15 is 0 Å². The van der Waals surface area contributed by atoms with Crippen LogP contribution in [0.2, 0.25) is 0 Å². The summed E-state index contributed by atoms with van der Waals surface area (Å²) < 4.78 is 0. The molecule has 27 heavy (non-hydrogen) atoms. The van der Waals surface area contributed by atoms with Crippen LogP contribution in [-0.2, 0) is 9.59 Å². The van der Waals surface area contributed by atoms with E-state index in [0.29, 0.717) is 12.8 Å². The van der Waals surface area contributed by atoms with Gasteiger partial charge in [0.05, 0.1) is 0 Å². The molecule has 0 bridgehead atoms. The van der Waals surface area contributed by atoms with Gasteiger partial charge in [-0.1, -0.05) is 96.8 Å². The van der Waals surface area contributed by atoms with E-state index in [1.807, 2.05) is 0 Å². The first-order valence-electron chi connectivity index (χ1n) is 11.6. The van der Waals surface area contributed by atoms with Gasteiger partial charge >= 0.3 is 5.97 Å². The molecule has 0 aromatic carbocycles. The van der Waals surface area contributed by atoms with Crippen LogP contribution in [-0.4, -0.2) is 23.5 Å². The molecule has 4 heteroatoms. The minimum atomic E-state index is -0.681. The predicted octanol–water partition coefficient (Wildman–Crippen LogP) is 6.62. The first-order valence-corrected chi connectivity index (χ1v) is 11.6. The summed E-state index contributed by atoms with van der Waals surface area (Å²) in [5.74, 6) is -0.456. The maximum Gasteiger partial charge on any atom is 0.303 e. The quantitative estimate of drug-likeness (QED) is 0.219. The first kappa shape index (κ1) is 25.9. The Labute approximate surface area is 167 Å². The molecular weight excluding hydrogens is 338 g/mol. The van der Waals surface area contributed by atoms with Crippen LogP contribution < -0.4 is 5.32 Å². The van der Waals surface area contributed by atoms with Crippen molar-refractivity contribution in [2.75, 3.05) is 6.54 Å². The number of carboxylic acid groups (broad SMARTS) is 1.